The van der Waals surface area contributed by atoms with Gasteiger partial charge in [-0.2, -0.15) is 0 Å². The SMILES string of the molecule is Cn1c(=O)c2c(ncn2CCNC2=[N+](C)CCCCC2)n(C)c1=O. The van der Waals surface area contributed by atoms with Crippen LogP contribution in [-0.4, -0.2) is 49.2 Å². The van der Waals surface area contributed by atoms with Gasteiger partial charge in [-0.25, -0.2) is 9.78 Å². The lowest BCUT2D eigenvalue weighted by Gasteiger charge is -2.08. The standard InChI is InChI=1S/C16H24N6O2/c1-19-9-6-4-5-7-12(19)17-8-10-22-11-18-14-13(22)15(23)21(3)16(24)20(14)2/h11H,4-10H2,1-3H3/p+1. The Balaban J connectivity index is 1.82. The Kier molecular flexibility index (Phi) is 4.55. The molecule has 8 heteroatoms. The summed E-state index contributed by atoms with van der Waals surface area (Å²) in [6.07, 6.45) is 6.42. The molecule has 2 aromatic heterocycles. The van der Waals surface area contributed by atoms with Crippen LogP contribution < -0.4 is 16.6 Å². The second-order valence-electron chi connectivity index (χ2n) is 6.42. The Hall–Kier alpha value is -2.38. The van der Waals surface area contributed by atoms with Gasteiger partial charge in [0.2, 0.25) is 5.84 Å². The predicted octanol–water partition coefficient (Wildman–Crippen LogP) is -0.362. The van der Waals surface area contributed by atoms with Gasteiger partial charge in [0.1, 0.15) is 6.54 Å². The molecule has 8 nitrogen and oxygen atoms in total. The molecule has 2 aromatic rings. The van der Waals surface area contributed by atoms with E-state index >= 15 is 0 Å². The summed E-state index contributed by atoms with van der Waals surface area (Å²) in [5.74, 6) is 1.26. The van der Waals surface area contributed by atoms with E-state index in [-0.39, 0.29) is 11.2 Å². The zero-order chi connectivity index (χ0) is 17.3. The average Bonchev–Trinajstić information content (AvgIpc) is 2.89. The second-order valence-corrected chi connectivity index (χ2v) is 6.42. The van der Waals surface area contributed by atoms with Gasteiger partial charge in [0.05, 0.1) is 26.5 Å². The van der Waals surface area contributed by atoms with Crippen LogP contribution in [-0.2, 0) is 20.6 Å². The van der Waals surface area contributed by atoms with Crippen molar-refractivity contribution in [2.45, 2.75) is 32.2 Å². The maximum atomic E-state index is 12.4. The molecule has 0 saturated heterocycles. The highest BCUT2D eigenvalue weighted by Gasteiger charge is 2.16. The lowest BCUT2D eigenvalue weighted by atomic mass is 10.2. The van der Waals surface area contributed by atoms with Crippen molar-refractivity contribution in [3.05, 3.63) is 27.2 Å². The summed E-state index contributed by atoms with van der Waals surface area (Å²) in [7, 11) is 5.25. The molecule has 0 aliphatic carbocycles. The third-order valence-corrected chi connectivity index (χ3v) is 4.77. The zero-order valence-electron chi connectivity index (χ0n) is 14.6. The number of fused-ring (bicyclic) bond motifs is 1. The highest BCUT2D eigenvalue weighted by molar-refractivity contribution is 5.77. The van der Waals surface area contributed by atoms with Crippen molar-refractivity contribution in [3.63, 3.8) is 0 Å². The quantitative estimate of drug-likeness (QED) is 0.778. The fourth-order valence-electron chi connectivity index (χ4n) is 3.25. The van der Waals surface area contributed by atoms with E-state index < -0.39 is 0 Å². The van der Waals surface area contributed by atoms with E-state index in [2.05, 4.69) is 21.9 Å². The molecular weight excluding hydrogens is 308 g/mol. The van der Waals surface area contributed by atoms with Crippen LogP contribution in [0.5, 0.6) is 0 Å². The first-order chi connectivity index (χ1) is 11.5. The molecule has 1 N–H and O–H groups in total. The Morgan fingerprint density at radius 3 is 2.79 bits per heavy atom. The minimum atomic E-state index is -0.355. The first kappa shape index (κ1) is 16.5. The number of imidazole rings is 1. The number of hydrogen-bond acceptors (Lipinski definition) is 4. The molecule has 1 aliphatic heterocycles. The summed E-state index contributed by atoms with van der Waals surface area (Å²) in [4.78, 5) is 28.6. The molecule has 0 saturated carbocycles. The molecule has 0 atom stereocenters. The third kappa shape index (κ3) is 2.88. The minimum absolute atomic E-state index is 0.301. The number of hydrogen-bond donors (Lipinski definition) is 1. The van der Waals surface area contributed by atoms with Crippen molar-refractivity contribution >= 4 is 17.0 Å². The molecule has 0 aromatic carbocycles. The maximum Gasteiger partial charge on any atom is 0.332 e. The zero-order valence-corrected chi connectivity index (χ0v) is 14.6. The van der Waals surface area contributed by atoms with Gasteiger partial charge in [0.25, 0.3) is 5.56 Å². The van der Waals surface area contributed by atoms with E-state index in [1.165, 1.54) is 36.7 Å². The van der Waals surface area contributed by atoms with E-state index in [0.717, 1.165) is 24.1 Å². The molecule has 1 aliphatic rings. The van der Waals surface area contributed by atoms with E-state index in [0.29, 0.717) is 17.7 Å². The van der Waals surface area contributed by atoms with Gasteiger partial charge in [0, 0.05) is 20.5 Å². The summed E-state index contributed by atoms with van der Waals surface area (Å²) < 4.78 is 6.64. The molecule has 24 heavy (non-hydrogen) atoms. The lowest BCUT2D eigenvalue weighted by molar-refractivity contribution is -0.499. The average molecular weight is 333 g/mol. The van der Waals surface area contributed by atoms with Crippen molar-refractivity contribution < 1.29 is 4.58 Å². The van der Waals surface area contributed by atoms with Crippen LogP contribution in [0.2, 0.25) is 0 Å². The Morgan fingerprint density at radius 2 is 2.00 bits per heavy atom. The summed E-state index contributed by atoms with van der Waals surface area (Å²) in [6.45, 7) is 2.43. The number of nitrogens with one attached hydrogen (secondary N) is 1. The molecule has 0 radical (unpaired) electrons. The van der Waals surface area contributed by atoms with Gasteiger partial charge < -0.3 is 4.57 Å². The first-order valence-electron chi connectivity index (χ1n) is 8.42. The molecule has 0 unspecified atom stereocenters. The second kappa shape index (κ2) is 6.62. The Morgan fingerprint density at radius 1 is 1.21 bits per heavy atom. The number of aryl methyl sites for hydroxylation is 1. The Labute approximate surface area is 140 Å². The molecule has 0 amide bonds. The van der Waals surface area contributed by atoms with Crippen LogP contribution in [0.4, 0.5) is 0 Å². The van der Waals surface area contributed by atoms with Crippen molar-refractivity contribution in [2.75, 3.05) is 20.1 Å². The molecular formula is C16H25N6O2+. The van der Waals surface area contributed by atoms with Crippen LogP contribution in [0.15, 0.2) is 15.9 Å². The molecule has 0 fully saturated rings. The van der Waals surface area contributed by atoms with Crippen molar-refractivity contribution in [2.24, 2.45) is 14.1 Å². The smallest absolute Gasteiger partial charge is 0.321 e. The van der Waals surface area contributed by atoms with Gasteiger partial charge in [-0.1, -0.05) is 0 Å². The van der Waals surface area contributed by atoms with Crippen LogP contribution in [0.3, 0.4) is 0 Å². The van der Waals surface area contributed by atoms with Gasteiger partial charge in [-0.05, 0) is 19.3 Å². The Bertz CT molecular complexity index is 902. The van der Waals surface area contributed by atoms with E-state index in [9.17, 15) is 9.59 Å². The van der Waals surface area contributed by atoms with Gasteiger partial charge in [0.15, 0.2) is 11.2 Å². The third-order valence-electron chi connectivity index (χ3n) is 4.77. The van der Waals surface area contributed by atoms with E-state index in [1.54, 1.807) is 13.4 Å². The van der Waals surface area contributed by atoms with Gasteiger partial charge in [-0.3, -0.25) is 23.8 Å². The number of rotatable bonds is 3. The monoisotopic (exact) mass is 333 g/mol. The van der Waals surface area contributed by atoms with Crippen molar-refractivity contribution in [1.29, 1.82) is 0 Å². The largest absolute Gasteiger partial charge is 0.332 e. The highest BCUT2D eigenvalue weighted by Crippen LogP contribution is 2.06. The minimum Gasteiger partial charge on any atom is -0.321 e. The lowest BCUT2D eigenvalue weighted by Crippen LogP contribution is -2.38. The van der Waals surface area contributed by atoms with Crippen LogP contribution >= 0.6 is 0 Å². The van der Waals surface area contributed by atoms with Crippen molar-refractivity contribution in [1.82, 2.24) is 24.0 Å². The predicted molar refractivity (Wildman–Crippen MR) is 92.7 cm³/mol. The molecule has 3 heterocycles. The summed E-state index contributed by atoms with van der Waals surface area (Å²) >= 11 is 0. The van der Waals surface area contributed by atoms with Crippen LogP contribution in [0, 0.1) is 0 Å². The fraction of sp³-hybridized carbons (Fsp3) is 0.625. The van der Waals surface area contributed by atoms with Gasteiger partial charge >= 0.3 is 5.69 Å². The van der Waals surface area contributed by atoms with Crippen LogP contribution in [0.1, 0.15) is 25.7 Å². The maximum absolute atomic E-state index is 12.4. The number of aromatic nitrogens is 4. The summed E-state index contributed by atoms with van der Waals surface area (Å²) in [6, 6.07) is 0. The first-order valence-corrected chi connectivity index (χ1v) is 8.42. The number of nitrogens with zero attached hydrogens (tertiary/aromatic N) is 5. The molecule has 130 valence electrons. The number of amidine groups is 1. The van der Waals surface area contributed by atoms with Crippen LogP contribution in [0.25, 0.3) is 11.2 Å². The van der Waals surface area contributed by atoms with E-state index in [4.69, 9.17) is 0 Å². The topological polar surface area (TPSA) is 76.9 Å². The summed E-state index contributed by atoms with van der Waals surface area (Å²) in [5, 5.41) is 3.49. The van der Waals surface area contributed by atoms with E-state index in [1.807, 2.05) is 4.57 Å². The fourth-order valence-corrected chi connectivity index (χ4v) is 3.25. The molecule has 0 spiro atoms. The summed E-state index contributed by atoms with van der Waals surface area (Å²) in [5.41, 5.74) is 0.249. The molecule has 3 rings (SSSR count). The van der Waals surface area contributed by atoms with Crippen molar-refractivity contribution in [3.8, 4) is 0 Å². The highest BCUT2D eigenvalue weighted by atomic mass is 16.2. The van der Waals surface area contributed by atoms with Gasteiger partial charge in [-0.15, -0.1) is 0 Å². The normalized spacial score (nSPS) is 15.8. The molecule has 0 bridgehead atoms.